The number of carbonyl (C=O) groups is 1. The van der Waals surface area contributed by atoms with Gasteiger partial charge in [-0.1, -0.05) is 13.8 Å². The zero-order valence-electron chi connectivity index (χ0n) is 10.3. The molecule has 0 spiro atoms. The Balaban J connectivity index is 2.20. The summed E-state index contributed by atoms with van der Waals surface area (Å²) in [7, 11) is 1.92. The molecule has 0 radical (unpaired) electrons. The fourth-order valence-corrected chi connectivity index (χ4v) is 2.10. The molecule has 1 heterocycles. The van der Waals surface area contributed by atoms with Crippen molar-refractivity contribution in [2.24, 2.45) is 11.8 Å². The average Bonchev–Trinajstić information content (AvgIpc) is 2.26. The molecule has 1 saturated heterocycles. The van der Waals surface area contributed by atoms with Gasteiger partial charge in [0, 0.05) is 19.5 Å². The molecule has 15 heavy (non-hydrogen) atoms. The third-order valence-electron chi connectivity index (χ3n) is 3.20. The van der Waals surface area contributed by atoms with Crippen molar-refractivity contribution in [2.45, 2.75) is 33.1 Å². The number of rotatable bonds is 4. The van der Waals surface area contributed by atoms with E-state index in [1.807, 2.05) is 25.8 Å². The molecule has 1 amide bonds. The van der Waals surface area contributed by atoms with Gasteiger partial charge >= 0.3 is 0 Å². The third-order valence-corrected chi connectivity index (χ3v) is 3.20. The fraction of sp³-hybridized carbons (Fsp3) is 0.917. The van der Waals surface area contributed by atoms with E-state index in [4.69, 9.17) is 0 Å². The second-order valence-electron chi connectivity index (χ2n) is 4.90. The van der Waals surface area contributed by atoms with Gasteiger partial charge in [-0.2, -0.15) is 0 Å². The van der Waals surface area contributed by atoms with Crippen LogP contribution in [0.25, 0.3) is 0 Å². The highest BCUT2D eigenvalue weighted by atomic mass is 16.2. The minimum Gasteiger partial charge on any atom is -0.346 e. The molecule has 0 aromatic rings. The van der Waals surface area contributed by atoms with E-state index < -0.39 is 0 Å². The summed E-state index contributed by atoms with van der Waals surface area (Å²) in [5.74, 6) is 1.21. The third kappa shape index (κ3) is 4.20. The van der Waals surface area contributed by atoms with E-state index in [9.17, 15) is 4.79 Å². The lowest BCUT2D eigenvalue weighted by atomic mass is 9.94. The summed E-state index contributed by atoms with van der Waals surface area (Å²) in [6.45, 7) is 7.13. The maximum atomic E-state index is 11.6. The SMILES string of the molecule is CC(C)C(=O)N(C)CCC1CCNCC1. The van der Waals surface area contributed by atoms with E-state index in [-0.39, 0.29) is 11.8 Å². The number of piperidine rings is 1. The van der Waals surface area contributed by atoms with Crippen molar-refractivity contribution in [2.75, 3.05) is 26.7 Å². The molecule has 0 aliphatic carbocycles. The summed E-state index contributed by atoms with van der Waals surface area (Å²) >= 11 is 0. The van der Waals surface area contributed by atoms with E-state index in [0.717, 1.165) is 32.0 Å². The van der Waals surface area contributed by atoms with Gasteiger partial charge in [-0.25, -0.2) is 0 Å². The number of amides is 1. The average molecular weight is 212 g/mol. The highest BCUT2D eigenvalue weighted by Gasteiger charge is 2.16. The molecular weight excluding hydrogens is 188 g/mol. The molecule has 0 aromatic heterocycles. The first-order valence-electron chi connectivity index (χ1n) is 6.07. The Morgan fingerprint density at radius 1 is 1.40 bits per heavy atom. The first-order chi connectivity index (χ1) is 7.11. The van der Waals surface area contributed by atoms with Crippen LogP contribution in [0.2, 0.25) is 0 Å². The second-order valence-corrected chi connectivity index (χ2v) is 4.90. The summed E-state index contributed by atoms with van der Waals surface area (Å²) in [6, 6.07) is 0. The zero-order chi connectivity index (χ0) is 11.3. The molecule has 1 N–H and O–H groups in total. The summed E-state index contributed by atoms with van der Waals surface area (Å²) in [5.41, 5.74) is 0. The zero-order valence-corrected chi connectivity index (χ0v) is 10.3. The topological polar surface area (TPSA) is 32.3 Å². The predicted molar refractivity (Wildman–Crippen MR) is 62.7 cm³/mol. The standard InChI is InChI=1S/C12H24N2O/c1-10(2)12(15)14(3)9-6-11-4-7-13-8-5-11/h10-11,13H,4-9H2,1-3H3. The van der Waals surface area contributed by atoms with Crippen LogP contribution in [0.4, 0.5) is 0 Å². The molecule has 0 aromatic carbocycles. The van der Waals surface area contributed by atoms with Gasteiger partial charge in [-0.15, -0.1) is 0 Å². The maximum Gasteiger partial charge on any atom is 0.224 e. The first kappa shape index (κ1) is 12.5. The lowest BCUT2D eigenvalue weighted by Gasteiger charge is -2.26. The molecule has 0 saturated carbocycles. The fourth-order valence-electron chi connectivity index (χ4n) is 2.10. The molecular formula is C12H24N2O. The maximum absolute atomic E-state index is 11.6. The Bertz CT molecular complexity index is 198. The molecule has 1 fully saturated rings. The Morgan fingerprint density at radius 3 is 2.53 bits per heavy atom. The van der Waals surface area contributed by atoms with Gasteiger partial charge in [0.05, 0.1) is 0 Å². The number of nitrogens with zero attached hydrogens (tertiary/aromatic N) is 1. The molecule has 0 atom stereocenters. The highest BCUT2D eigenvalue weighted by Crippen LogP contribution is 2.16. The van der Waals surface area contributed by atoms with Gasteiger partial charge < -0.3 is 10.2 Å². The first-order valence-corrected chi connectivity index (χ1v) is 6.07. The number of hydrogen-bond acceptors (Lipinski definition) is 2. The Labute approximate surface area is 93.2 Å². The van der Waals surface area contributed by atoms with E-state index in [1.165, 1.54) is 12.8 Å². The smallest absolute Gasteiger partial charge is 0.224 e. The van der Waals surface area contributed by atoms with Gasteiger partial charge in [-0.3, -0.25) is 4.79 Å². The minimum atomic E-state index is 0.128. The quantitative estimate of drug-likeness (QED) is 0.766. The normalized spacial score (nSPS) is 18.1. The summed E-state index contributed by atoms with van der Waals surface area (Å²) in [6.07, 6.45) is 3.70. The van der Waals surface area contributed by atoms with E-state index >= 15 is 0 Å². The lowest BCUT2D eigenvalue weighted by Crippen LogP contribution is -2.34. The molecule has 3 nitrogen and oxygen atoms in total. The highest BCUT2D eigenvalue weighted by molar-refractivity contribution is 5.77. The van der Waals surface area contributed by atoms with Crippen molar-refractivity contribution in [1.82, 2.24) is 10.2 Å². The largest absolute Gasteiger partial charge is 0.346 e. The van der Waals surface area contributed by atoms with Crippen LogP contribution in [0.15, 0.2) is 0 Å². The monoisotopic (exact) mass is 212 g/mol. The summed E-state index contributed by atoms with van der Waals surface area (Å²) < 4.78 is 0. The van der Waals surface area contributed by atoms with Crippen molar-refractivity contribution in [1.29, 1.82) is 0 Å². The number of nitrogens with one attached hydrogen (secondary N) is 1. The molecule has 88 valence electrons. The van der Waals surface area contributed by atoms with Crippen LogP contribution in [0.5, 0.6) is 0 Å². The molecule has 3 heteroatoms. The molecule has 1 aliphatic heterocycles. The van der Waals surface area contributed by atoms with Crippen LogP contribution in [-0.4, -0.2) is 37.5 Å². The second kappa shape index (κ2) is 6.11. The van der Waals surface area contributed by atoms with Gasteiger partial charge in [0.2, 0.25) is 5.91 Å². The molecule has 0 unspecified atom stereocenters. The van der Waals surface area contributed by atoms with Crippen LogP contribution < -0.4 is 5.32 Å². The Morgan fingerprint density at radius 2 is 2.00 bits per heavy atom. The minimum absolute atomic E-state index is 0.128. The van der Waals surface area contributed by atoms with Gasteiger partial charge in [0.15, 0.2) is 0 Å². The number of carbonyl (C=O) groups excluding carboxylic acids is 1. The van der Waals surface area contributed by atoms with Crippen molar-refractivity contribution in [3.8, 4) is 0 Å². The summed E-state index contributed by atoms with van der Waals surface area (Å²) in [4.78, 5) is 13.5. The molecule has 0 bridgehead atoms. The molecule has 1 aliphatic rings. The predicted octanol–water partition coefficient (Wildman–Crippen LogP) is 1.49. The Hall–Kier alpha value is -0.570. The number of hydrogen-bond donors (Lipinski definition) is 1. The lowest BCUT2D eigenvalue weighted by molar-refractivity contribution is -0.133. The van der Waals surface area contributed by atoms with Crippen LogP contribution in [0.3, 0.4) is 0 Å². The van der Waals surface area contributed by atoms with Crippen molar-refractivity contribution >= 4 is 5.91 Å². The van der Waals surface area contributed by atoms with Gasteiger partial charge in [-0.05, 0) is 38.3 Å². The van der Waals surface area contributed by atoms with Crippen molar-refractivity contribution in [3.05, 3.63) is 0 Å². The van der Waals surface area contributed by atoms with Gasteiger partial charge in [0.1, 0.15) is 0 Å². The Kier molecular flexibility index (Phi) is 5.09. The van der Waals surface area contributed by atoms with Crippen LogP contribution in [0, 0.1) is 11.8 Å². The van der Waals surface area contributed by atoms with Crippen LogP contribution in [0.1, 0.15) is 33.1 Å². The van der Waals surface area contributed by atoms with Crippen LogP contribution in [-0.2, 0) is 4.79 Å². The van der Waals surface area contributed by atoms with E-state index in [2.05, 4.69) is 5.32 Å². The van der Waals surface area contributed by atoms with Gasteiger partial charge in [0.25, 0.3) is 0 Å². The van der Waals surface area contributed by atoms with E-state index in [0.29, 0.717) is 0 Å². The van der Waals surface area contributed by atoms with Crippen molar-refractivity contribution in [3.63, 3.8) is 0 Å². The van der Waals surface area contributed by atoms with Crippen LogP contribution >= 0.6 is 0 Å². The molecule has 1 rings (SSSR count). The van der Waals surface area contributed by atoms with E-state index in [1.54, 1.807) is 0 Å². The summed E-state index contributed by atoms with van der Waals surface area (Å²) in [5, 5.41) is 3.36. The van der Waals surface area contributed by atoms with Crippen molar-refractivity contribution < 1.29 is 4.79 Å².